The Bertz CT molecular complexity index is 895. The predicted molar refractivity (Wildman–Crippen MR) is 105 cm³/mol. The molecule has 0 saturated carbocycles. The Kier molecular flexibility index (Phi) is 6.85. The van der Waals surface area contributed by atoms with Gasteiger partial charge in [0, 0.05) is 42.5 Å². The van der Waals surface area contributed by atoms with Crippen molar-refractivity contribution in [1.29, 1.82) is 0 Å². The van der Waals surface area contributed by atoms with E-state index in [1.54, 1.807) is 0 Å². The normalized spacial score (nSPS) is 19.5. The van der Waals surface area contributed by atoms with Crippen LogP contribution in [-0.2, 0) is 24.1 Å². The van der Waals surface area contributed by atoms with E-state index < -0.39 is 23.4 Å². The van der Waals surface area contributed by atoms with Gasteiger partial charge in [-0.2, -0.15) is 0 Å². The number of nitrogens with one attached hydrogen (secondary N) is 1. The molecule has 1 aromatic carbocycles. The molecule has 28 heavy (non-hydrogen) atoms. The molecular weight excluding hydrogens is 411 g/mol. The molecule has 0 radical (unpaired) electrons. The van der Waals surface area contributed by atoms with E-state index in [0.29, 0.717) is 17.7 Å². The molecule has 2 aliphatic rings. The van der Waals surface area contributed by atoms with E-state index in [1.807, 2.05) is 4.57 Å². The van der Waals surface area contributed by atoms with Crippen molar-refractivity contribution >= 4 is 24.6 Å². The van der Waals surface area contributed by atoms with Gasteiger partial charge in [-0.05, 0) is 50.2 Å². The van der Waals surface area contributed by atoms with Crippen molar-refractivity contribution in [2.75, 3.05) is 32.8 Å². The maximum Gasteiger partial charge on any atom is 0.177 e. The molecule has 1 N–H and O–H groups in total. The minimum Gasteiger partial charge on any atom is -0.379 e. The Morgan fingerprint density at radius 2 is 1.86 bits per heavy atom. The SMILES string of the molecule is Cl.Fc1ccc(F)c([C@H]2Cc3c(CCCN4CCOCC4)[nH]c(=S)n3C2)c1F. The van der Waals surface area contributed by atoms with Gasteiger partial charge < -0.3 is 14.3 Å². The minimum atomic E-state index is -1.09. The topological polar surface area (TPSA) is 33.2 Å². The predicted octanol–water partition coefficient (Wildman–Crippen LogP) is 3.99. The number of imidazole rings is 1. The lowest BCUT2D eigenvalue weighted by atomic mass is 9.95. The van der Waals surface area contributed by atoms with Crippen molar-refractivity contribution in [2.45, 2.75) is 31.7 Å². The van der Waals surface area contributed by atoms with Crippen molar-refractivity contribution in [3.63, 3.8) is 0 Å². The van der Waals surface area contributed by atoms with E-state index in [2.05, 4.69) is 9.88 Å². The number of aromatic amines is 1. The second-order valence-electron chi connectivity index (χ2n) is 7.18. The van der Waals surface area contributed by atoms with E-state index in [-0.39, 0.29) is 18.0 Å². The van der Waals surface area contributed by atoms with Crippen LogP contribution in [0, 0.1) is 22.2 Å². The van der Waals surface area contributed by atoms with Crippen LogP contribution >= 0.6 is 24.6 Å². The number of hydrogen-bond acceptors (Lipinski definition) is 3. The second-order valence-corrected chi connectivity index (χ2v) is 7.57. The number of ether oxygens (including phenoxy) is 1. The second kappa shape index (κ2) is 8.98. The number of morpholine rings is 1. The number of hydrogen-bond donors (Lipinski definition) is 1. The minimum absolute atomic E-state index is 0. The van der Waals surface area contributed by atoms with E-state index in [9.17, 15) is 13.2 Å². The maximum atomic E-state index is 14.2. The summed E-state index contributed by atoms with van der Waals surface area (Å²) >= 11 is 5.39. The van der Waals surface area contributed by atoms with Gasteiger partial charge >= 0.3 is 0 Å². The highest BCUT2D eigenvalue weighted by Gasteiger charge is 2.31. The van der Waals surface area contributed by atoms with E-state index in [4.69, 9.17) is 17.0 Å². The molecule has 1 aromatic heterocycles. The van der Waals surface area contributed by atoms with Crippen LogP contribution in [0.1, 0.15) is 29.3 Å². The largest absolute Gasteiger partial charge is 0.379 e. The zero-order valence-electron chi connectivity index (χ0n) is 15.3. The first-order valence-electron chi connectivity index (χ1n) is 9.28. The molecule has 1 atom stereocenters. The molecule has 2 aromatic rings. The first kappa shape index (κ1) is 21.4. The van der Waals surface area contributed by atoms with Crippen LogP contribution in [0.15, 0.2) is 12.1 Å². The summed E-state index contributed by atoms with van der Waals surface area (Å²) in [4.78, 5) is 5.61. The quantitative estimate of drug-likeness (QED) is 0.571. The van der Waals surface area contributed by atoms with Gasteiger partial charge in [-0.3, -0.25) is 4.90 Å². The van der Waals surface area contributed by atoms with Crippen LogP contribution in [-0.4, -0.2) is 47.3 Å². The maximum absolute atomic E-state index is 14.2. The molecule has 1 saturated heterocycles. The number of H-pyrrole nitrogens is 1. The molecule has 0 aliphatic carbocycles. The summed E-state index contributed by atoms with van der Waals surface area (Å²) in [6, 6.07) is 1.82. The zero-order chi connectivity index (χ0) is 19.0. The summed E-state index contributed by atoms with van der Waals surface area (Å²) in [6.45, 7) is 4.79. The number of fused-ring (bicyclic) bond motifs is 1. The molecule has 0 bridgehead atoms. The summed E-state index contributed by atoms with van der Waals surface area (Å²) in [7, 11) is 0. The number of rotatable bonds is 5. The average molecular weight is 434 g/mol. The van der Waals surface area contributed by atoms with Crippen LogP contribution in [0.25, 0.3) is 0 Å². The van der Waals surface area contributed by atoms with Gasteiger partial charge in [0.05, 0.1) is 13.2 Å². The number of nitrogens with zero attached hydrogens (tertiary/aromatic N) is 2. The van der Waals surface area contributed by atoms with Crippen molar-refractivity contribution in [2.24, 2.45) is 0 Å². The fraction of sp³-hybridized carbons (Fsp3) is 0.526. The first-order valence-corrected chi connectivity index (χ1v) is 9.69. The molecule has 0 unspecified atom stereocenters. The molecule has 0 spiro atoms. The van der Waals surface area contributed by atoms with Crippen LogP contribution in [0.2, 0.25) is 0 Å². The fourth-order valence-electron chi connectivity index (χ4n) is 4.12. The van der Waals surface area contributed by atoms with Gasteiger partial charge in [0.25, 0.3) is 0 Å². The Hall–Kier alpha value is -1.35. The van der Waals surface area contributed by atoms with Crippen molar-refractivity contribution in [1.82, 2.24) is 14.5 Å². The van der Waals surface area contributed by atoms with Gasteiger partial charge in [-0.25, -0.2) is 13.2 Å². The molecule has 3 heterocycles. The van der Waals surface area contributed by atoms with Gasteiger partial charge in [-0.15, -0.1) is 12.4 Å². The fourth-order valence-corrected chi connectivity index (χ4v) is 4.43. The third-order valence-corrected chi connectivity index (χ3v) is 5.83. The van der Waals surface area contributed by atoms with Gasteiger partial charge in [-0.1, -0.05) is 0 Å². The first-order chi connectivity index (χ1) is 13.0. The molecule has 2 aliphatic heterocycles. The van der Waals surface area contributed by atoms with Crippen molar-refractivity contribution in [3.8, 4) is 0 Å². The highest BCUT2D eigenvalue weighted by Crippen LogP contribution is 2.35. The lowest BCUT2D eigenvalue weighted by Crippen LogP contribution is -2.37. The summed E-state index contributed by atoms with van der Waals surface area (Å²) in [6.07, 6.45) is 2.25. The van der Waals surface area contributed by atoms with E-state index >= 15 is 0 Å². The average Bonchev–Trinajstić information content (AvgIpc) is 3.21. The molecule has 1 fully saturated rings. The van der Waals surface area contributed by atoms with Crippen LogP contribution in [0.4, 0.5) is 13.2 Å². The highest BCUT2D eigenvalue weighted by molar-refractivity contribution is 7.71. The summed E-state index contributed by atoms with van der Waals surface area (Å²) in [5.41, 5.74) is 1.83. The summed E-state index contributed by atoms with van der Waals surface area (Å²) in [5.74, 6) is -3.24. The van der Waals surface area contributed by atoms with Crippen molar-refractivity contribution in [3.05, 3.63) is 51.3 Å². The molecular formula is C19H23ClF3N3OS. The Morgan fingerprint density at radius 3 is 2.61 bits per heavy atom. The third-order valence-electron chi connectivity index (χ3n) is 5.51. The Balaban J connectivity index is 0.00000225. The lowest BCUT2D eigenvalue weighted by molar-refractivity contribution is 0.0374. The van der Waals surface area contributed by atoms with Crippen LogP contribution < -0.4 is 0 Å². The highest BCUT2D eigenvalue weighted by atomic mass is 35.5. The molecule has 154 valence electrons. The third kappa shape index (κ3) is 4.15. The summed E-state index contributed by atoms with van der Waals surface area (Å²) < 4.78 is 49.7. The van der Waals surface area contributed by atoms with Crippen LogP contribution in [0.5, 0.6) is 0 Å². The van der Waals surface area contributed by atoms with Crippen LogP contribution in [0.3, 0.4) is 0 Å². The number of aromatic nitrogens is 2. The van der Waals surface area contributed by atoms with Gasteiger partial charge in [0.2, 0.25) is 0 Å². The Morgan fingerprint density at radius 1 is 1.14 bits per heavy atom. The van der Waals surface area contributed by atoms with Crippen molar-refractivity contribution < 1.29 is 17.9 Å². The van der Waals surface area contributed by atoms with E-state index in [1.165, 1.54) is 0 Å². The molecule has 0 amide bonds. The molecule has 9 heteroatoms. The molecule has 4 nitrogen and oxygen atoms in total. The number of halogens is 4. The summed E-state index contributed by atoms with van der Waals surface area (Å²) in [5, 5.41) is 0. The Labute approximate surface area is 173 Å². The lowest BCUT2D eigenvalue weighted by Gasteiger charge is -2.26. The standard InChI is InChI=1S/C19H22F3N3OS.ClH/c20-13-3-4-14(21)18(22)17(13)12-10-16-15(23-19(27)25(16)11-12)2-1-5-24-6-8-26-9-7-24;/h3-4,12H,1-2,5-11H2,(H,23,27);1H/t12-;/m0./s1. The smallest absolute Gasteiger partial charge is 0.177 e. The number of benzene rings is 1. The van der Waals surface area contributed by atoms with Gasteiger partial charge in [0.1, 0.15) is 5.82 Å². The zero-order valence-corrected chi connectivity index (χ0v) is 17.0. The van der Waals surface area contributed by atoms with Gasteiger partial charge in [0.15, 0.2) is 16.4 Å². The molecule has 4 rings (SSSR count). The van der Waals surface area contributed by atoms with E-state index in [0.717, 1.165) is 69.2 Å². The monoisotopic (exact) mass is 433 g/mol. The number of aryl methyl sites for hydroxylation is 1.